The van der Waals surface area contributed by atoms with Crippen LogP contribution in [0.25, 0.3) is 6.08 Å². The van der Waals surface area contributed by atoms with Crippen molar-refractivity contribution in [3.05, 3.63) is 64.7 Å². The van der Waals surface area contributed by atoms with Crippen LogP contribution in [0.15, 0.2) is 53.4 Å². The minimum absolute atomic E-state index is 0.0853. The highest BCUT2D eigenvalue weighted by Gasteiger charge is 2.14. The van der Waals surface area contributed by atoms with Gasteiger partial charge in [0.05, 0.1) is 12.0 Å². The predicted molar refractivity (Wildman–Crippen MR) is 94.5 cm³/mol. The van der Waals surface area contributed by atoms with E-state index in [1.807, 2.05) is 0 Å². The molecule has 0 saturated heterocycles. The van der Waals surface area contributed by atoms with E-state index in [9.17, 15) is 13.2 Å². The summed E-state index contributed by atoms with van der Waals surface area (Å²) in [5, 5.41) is 0.563. The van der Waals surface area contributed by atoms with Crippen LogP contribution in [0.4, 0.5) is 5.69 Å². The van der Waals surface area contributed by atoms with Crippen molar-refractivity contribution in [3.63, 3.8) is 0 Å². The number of hydrogen-bond donors (Lipinski definition) is 1. The number of methoxy groups -OCH3 is 1. The average Bonchev–Trinajstić information content (AvgIpc) is 2.56. The maximum Gasteiger partial charge on any atom is 0.330 e. The van der Waals surface area contributed by atoms with Gasteiger partial charge in [-0.25, -0.2) is 13.2 Å². The Kier molecular flexibility index (Phi) is 5.64. The Bertz CT molecular complexity index is 891. The van der Waals surface area contributed by atoms with Crippen molar-refractivity contribution in [3.8, 4) is 0 Å². The molecule has 0 unspecified atom stereocenters. The molecule has 5 nitrogen and oxygen atoms in total. The molecule has 0 fully saturated rings. The summed E-state index contributed by atoms with van der Waals surface area (Å²) in [7, 11) is -2.48. The number of rotatable bonds is 5. The maximum atomic E-state index is 12.5. The molecule has 0 heterocycles. The first-order valence-corrected chi connectivity index (χ1v) is 8.83. The van der Waals surface area contributed by atoms with Crippen LogP contribution in [-0.2, 0) is 19.6 Å². The van der Waals surface area contributed by atoms with Gasteiger partial charge in [-0.15, -0.1) is 0 Å². The monoisotopic (exact) mass is 365 g/mol. The molecule has 1 N–H and O–H groups in total. The third kappa shape index (κ3) is 4.59. The van der Waals surface area contributed by atoms with Crippen LogP contribution in [0.2, 0.25) is 5.02 Å². The van der Waals surface area contributed by atoms with Gasteiger partial charge in [-0.1, -0.05) is 23.7 Å². The Morgan fingerprint density at radius 2 is 1.96 bits per heavy atom. The molecule has 0 saturated carbocycles. The van der Waals surface area contributed by atoms with E-state index in [1.165, 1.54) is 31.4 Å². The molecule has 24 heavy (non-hydrogen) atoms. The van der Waals surface area contributed by atoms with E-state index in [-0.39, 0.29) is 4.90 Å². The topological polar surface area (TPSA) is 72.5 Å². The molecule has 0 radical (unpaired) electrons. The summed E-state index contributed by atoms with van der Waals surface area (Å²) >= 11 is 5.94. The highest BCUT2D eigenvalue weighted by Crippen LogP contribution is 2.22. The molecule has 0 aliphatic heterocycles. The van der Waals surface area contributed by atoms with E-state index in [1.54, 1.807) is 37.3 Å². The van der Waals surface area contributed by atoms with Crippen molar-refractivity contribution in [2.24, 2.45) is 0 Å². The van der Waals surface area contributed by atoms with Crippen LogP contribution in [0.5, 0.6) is 0 Å². The minimum Gasteiger partial charge on any atom is -0.466 e. The molecular formula is C17H16ClNO4S. The van der Waals surface area contributed by atoms with E-state index in [4.69, 9.17) is 11.6 Å². The molecule has 7 heteroatoms. The fourth-order valence-electron chi connectivity index (χ4n) is 1.94. The van der Waals surface area contributed by atoms with Crippen LogP contribution in [-0.4, -0.2) is 21.5 Å². The quantitative estimate of drug-likeness (QED) is 0.648. The molecule has 0 spiro atoms. The summed E-state index contributed by atoms with van der Waals surface area (Å²) in [6, 6.07) is 11.1. The fourth-order valence-corrected chi connectivity index (χ4v) is 3.16. The summed E-state index contributed by atoms with van der Waals surface area (Å²) in [6.45, 7) is 1.79. The van der Waals surface area contributed by atoms with Crippen LogP contribution in [0.1, 0.15) is 11.1 Å². The number of carbonyl (C=O) groups excluding carboxylic acids is 1. The number of sulfonamides is 1. The Hall–Kier alpha value is -2.31. The largest absolute Gasteiger partial charge is 0.466 e. The molecule has 2 aromatic rings. The summed E-state index contributed by atoms with van der Waals surface area (Å²) in [5.41, 5.74) is 1.76. The lowest BCUT2D eigenvalue weighted by molar-refractivity contribution is -0.134. The Morgan fingerprint density at radius 3 is 2.62 bits per heavy atom. The van der Waals surface area contributed by atoms with Gasteiger partial charge in [0, 0.05) is 16.8 Å². The Morgan fingerprint density at radius 1 is 1.21 bits per heavy atom. The van der Waals surface area contributed by atoms with E-state index in [0.29, 0.717) is 16.3 Å². The average molecular weight is 366 g/mol. The van der Waals surface area contributed by atoms with E-state index < -0.39 is 16.0 Å². The van der Waals surface area contributed by atoms with E-state index in [0.717, 1.165) is 5.56 Å². The maximum absolute atomic E-state index is 12.5. The van der Waals surface area contributed by atoms with Crippen molar-refractivity contribution in [1.29, 1.82) is 0 Å². The molecule has 0 amide bonds. The molecule has 0 bridgehead atoms. The first-order valence-electron chi connectivity index (χ1n) is 6.97. The lowest BCUT2D eigenvalue weighted by atomic mass is 10.2. The van der Waals surface area contributed by atoms with Gasteiger partial charge in [-0.2, -0.15) is 0 Å². The van der Waals surface area contributed by atoms with Gasteiger partial charge in [-0.05, 0) is 54.5 Å². The van der Waals surface area contributed by atoms with Gasteiger partial charge in [0.15, 0.2) is 0 Å². The van der Waals surface area contributed by atoms with E-state index >= 15 is 0 Å². The van der Waals surface area contributed by atoms with Gasteiger partial charge in [0.1, 0.15) is 0 Å². The molecule has 0 aromatic heterocycles. The first-order chi connectivity index (χ1) is 11.3. The summed E-state index contributed by atoms with van der Waals surface area (Å²) in [5.74, 6) is -0.516. The van der Waals surface area contributed by atoms with Crippen molar-refractivity contribution >= 4 is 39.4 Å². The number of benzene rings is 2. The third-order valence-electron chi connectivity index (χ3n) is 3.19. The van der Waals surface area contributed by atoms with Crippen molar-refractivity contribution in [1.82, 2.24) is 0 Å². The molecule has 0 atom stereocenters. The SMILES string of the molecule is COC(=O)/C=C/c1cccc(S(=O)(=O)Nc2ccc(Cl)c(C)c2)c1. The second kappa shape index (κ2) is 7.51. The number of hydrogen-bond acceptors (Lipinski definition) is 4. The van der Waals surface area contributed by atoms with Crippen molar-refractivity contribution in [2.75, 3.05) is 11.8 Å². The van der Waals surface area contributed by atoms with Gasteiger partial charge in [0.2, 0.25) is 0 Å². The number of halogens is 1. The third-order valence-corrected chi connectivity index (χ3v) is 4.99. The zero-order chi connectivity index (χ0) is 17.7. The normalized spacial score (nSPS) is 11.5. The zero-order valence-electron chi connectivity index (χ0n) is 13.1. The summed E-state index contributed by atoms with van der Waals surface area (Å²) in [4.78, 5) is 11.2. The standard InChI is InChI=1S/C17H16ClNO4S/c1-12-10-14(7-8-16(12)18)19-24(21,22)15-5-3-4-13(11-15)6-9-17(20)23-2/h3-11,19H,1-2H3/b9-6+. The van der Waals surface area contributed by atoms with Crippen LogP contribution >= 0.6 is 11.6 Å². The Labute approximate surface area is 146 Å². The summed E-state index contributed by atoms with van der Waals surface area (Å²) < 4.78 is 32.0. The number of ether oxygens (including phenoxy) is 1. The smallest absolute Gasteiger partial charge is 0.330 e. The lowest BCUT2D eigenvalue weighted by Gasteiger charge is -2.10. The van der Waals surface area contributed by atoms with Crippen LogP contribution in [0, 0.1) is 6.92 Å². The van der Waals surface area contributed by atoms with Crippen LogP contribution in [0.3, 0.4) is 0 Å². The molecule has 2 rings (SSSR count). The number of carbonyl (C=O) groups is 1. The number of esters is 1. The lowest BCUT2D eigenvalue weighted by Crippen LogP contribution is -2.13. The van der Waals surface area contributed by atoms with Crippen molar-refractivity contribution < 1.29 is 17.9 Å². The molecular weight excluding hydrogens is 350 g/mol. The summed E-state index contributed by atoms with van der Waals surface area (Å²) in [6.07, 6.45) is 2.71. The highest BCUT2D eigenvalue weighted by molar-refractivity contribution is 7.92. The van der Waals surface area contributed by atoms with Gasteiger partial charge < -0.3 is 4.74 Å². The second-order valence-electron chi connectivity index (χ2n) is 5.00. The number of anilines is 1. The predicted octanol–water partition coefficient (Wildman–Crippen LogP) is 3.64. The molecule has 0 aliphatic carbocycles. The fraction of sp³-hybridized carbons (Fsp3) is 0.118. The van der Waals surface area contributed by atoms with Gasteiger partial charge in [-0.3, -0.25) is 4.72 Å². The van der Waals surface area contributed by atoms with E-state index in [2.05, 4.69) is 9.46 Å². The number of aryl methyl sites for hydroxylation is 1. The van der Waals surface area contributed by atoms with Crippen LogP contribution < -0.4 is 4.72 Å². The first kappa shape index (κ1) is 18.0. The molecule has 126 valence electrons. The van der Waals surface area contributed by atoms with Crippen molar-refractivity contribution in [2.45, 2.75) is 11.8 Å². The minimum atomic E-state index is -3.75. The highest BCUT2D eigenvalue weighted by atomic mass is 35.5. The Balaban J connectivity index is 2.27. The zero-order valence-corrected chi connectivity index (χ0v) is 14.7. The van der Waals surface area contributed by atoms with Gasteiger partial charge in [0.25, 0.3) is 10.0 Å². The number of nitrogens with one attached hydrogen (secondary N) is 1. The van der Waals surface area contributed by atoms with Gasteiger partial charge >= 0.3 is 5.97 Å². The second-order valence-corrected chi connectivity index (χ2v) is 7.09. The molecule has 2 aromatic carbocycles. The molecule has 0 aliphatic rings.